The van der Waals surface area contributed by atoms with Gasteiger partial charge in [-0.1, -0.05) is 23.7 Å². The standard InChI is InChI=1S/C19H21ClF2N2O2S/c20-17-7-6-16(27-17)13-23-9-11-24(12-10-23)18(25)8-3-14-1-4-15(5-2-14)26-19(21)22/h1-2,4-7,19H,3,8-13H2. The molecule has 0 N–H and O–H groups in total. The Morgan fingerprint density at radius 2 is 1.81 bits per heavy atom. The summed E-state index contributed by atoms with van der Waals surface area (Å²) in [6, 6.07) is 10.4. The van der Waals surface area contributed by atoms with E-state index in [1.165, 1.54) is 17.0 Å². The molecule has 2 heterocycles. The van der Waals surface area contributed by atoms with Crippen LogP contribution in [0.5, 0.6) is 5.75 Å². The van der Waals surface area contributed by atoms with E-state index in [1.807, 2.05) is 17.0 Å². The minimum absolute atomic E-state index is 0.127. The zero-order valence-corrected chi connectivity index (χ0v) is 16.3. The maximum atomic E-state index is 12.4. The van der Waals surface area contributed by atoms with Crippen molar-refractivity contribution in [1.82, 2.24) is 9.80 Å². The number of aryl methyl sites for hydroxylation is 1. The van der Waals surface area contributed by atoms with Gasteiger partial charge in [0.25, 0.3) is 0 Å². The Hall–Kier alpha value is -1.70. The van der Waals surface area contributed by atoms with Gasteiger partial charge in [-0.05, 0) is 36.2 Å². The third kappa shape index (κ3) is 6.16. The fourth-order valence-corrected chi connectivity index (χ4v) is 4.19. The van der Waals surface area contributed by atoms with Crippen molar-refractivity contribution in [2.75, 3.05) is 26.2 Å². The highest BCUT2D eigenvalue weighted by Crippen LogP contribution is 2.23. The van der Waals surface area contributed by atoms with Crippen molar-refractivity contribution in [3.8, 4) is 5.75 Å². The molecule has 0 aliphatic carbocycles. The number of alkyl halides is 2. The number of rotatable bonds is 7. The summed E-state index contributed by atoms with van der Waals surface area (Å²) in [7, 11) is 0. The third-order valence-corrected chi connectivity index (χ3v) is 5.73. The summed E-state index contributed by atoms with van der Waals surface area (Å²) >= 11 is 7.56. The van der Waals surface area contributed by atoms with Gasteiger partial charge in [0.1, 0.15) is 5.75 Å². The van der Waals surface area contributed by atoms with Crippen molar-refractivity contribution in [2.45, 2.75) is 26.0 Å². The molecule has 1 aliphatic heterocycles. The predicted molar refractivity (Wildman–Crippen MR) is 103 cm³/mol. The van der Waals surface area contributed by atoms with Gasteiger partial charge in [0.15, 0.2) is 0 Å². The molecule has 0 atom stereocenters. The second-order valence-corrected chi connectivity index (χ2v) is 8.18. The topological polar surface area (TPSA) is 32.8 Å². The fourth-order valence-electron chi connectivity index (χ4n) is 3.06. The van der Waals surface area contributed by atoms with E-state index in [4.69, 9.17) is 11.6 Å². The van der Waals surface area contributed by atoms with Gasteiger partial charge in [0, 0.05) is 44.0 Å². The summed E-state index contributed by atoms with van der Waals surface area (Å²) < 4.78 is 29.4. The number of benzene rings is 1. The van der Waals surface area contributed by atoms with Crippen molar-refractivity contribution in [3.05, 3.63) is 51.2 Å². The Balaban J connectivity index is 1.40. The van der Waals surface area contributed by atoms with Crippen LogP contribution in [-0.2, 0) is 17.8 Å². The zero-order valence-electron chi connectivity index (χ0n) is 14.7. The lowest BCUT2D eigenvalue weighted by Gasteiger charge is -2.34. The maximum absolute atomic E-state index is 12.4. The number of carbonyl (C=O) groups excluding carboxylic acids is 1. The van der Waals surface area contributed by atoms with Crippen LogP contribution >= 0.6 is 22.9 Å². The molecule has 1 aromatic heterocycles. The Kier molecular flexibility index (Phi) is 7.04. The minimum atomic E-state index is -2.83. The number of carbonyl (C=O) groups is 1. The number of piperazine rings is 1. The van der Waals surface area contributed by atoms with Gasteiger partial charge < -0.3 is 9.64 Å². The molecule has 1 fully saturated rings. The Morgan fingerprint density at radius 3 is 2.41 bits per heavy atom. The molecule has 0 unspecified atom stereocenters. The summed E-state index contributed by atoms with van der Waals surface area (Å²) in [5.74, 6) is 0.255. The molecule has 1 aromatic carbocycles. The van der Waals surface area contributed by atoms with Crippen LogP contribution in [0.25, 0.3) is 0 Å². The van der Waals surface area contributed by atoms with Crippen LogP contribution in [0.15, 0.2) is 36.4 Å². The van der Waals surface area contributed by atoms with E-state index in [1.54, 1.807) is 23.5 Å². The first-order valence-electron chi connectivity index (χ1n) is 8.78. The SMILES string of the molecule is O=C(CCc1ccc(OC(F)F)cc1)N1CCN(Cc2ccc(Cl)s2)CC1. The number of thiophene rings is 1. The molecule has 146 valence electrons. The largest absolute Gasteiger partial charge is 0.435 e. The number of hydrogen-bond acceptors (Lipinski definition) is 4. The van der Waals surface area contributed by atoms with Crippen molar-refractivity contribution >= 4 is 28.8 Å². The molecule has 0 radical (unpaired) electrons. The molecule has 2 aromatic rings. The Morgan fingerprint density at radius 1 is 1.11 bits per heavy atom. The lowest BCUT2D eigenvalue weighted by Crippen LogP contribution is -2.48. The number of nitrogens with zero attached hydrogens (tertiary/aromatic N) is 2. The number of halogens is 3. The second-order valence-electron chi connectivity index (χ2n) is 6.39. The second kappa shape index (κ2) is 9.48. The van der Waals surface area contributed by atoms with E-state index < -0.39 is 6.61 Å². The Labute approximate surface area is 166 Å². The van der Waals surface area contributed by atoms with Gasteiger partial charge >= 0.3 is 6.61 Å². The molecule has 4 nitrogen and oxygen atoms in total. The molecule has 0 saturated carbocycles. The first-order valence-corrected chi connectivity index (χ1v) is 9.97. The van der Waals surface area contributed by atoms with Gasteiger partial charge in [-0.25, -0.2) is 0 Å². The van der Waals surface area contributed by atoms with Crippen molar-refractivity contribution in [3.63, 3.8) is 0 Å². The average molecular weight is 415 g/mol. The van der Waals surface area contributed by atoms with E-state index in [2.05, 4.69) is 9.64 Å². The molecule has 1 saturated heterocycles. The molecule has 27 heavy (non-hydrogen) atoms. The van der Waals surface area contributed by atoms with Crippen LogP contribution in [0, 0.1) is 0 Å². The molecule has 0 spiro atoms. The van der Waals surface area contributed by atoms with E-state index in [0.717, 1.165) is 42.6 Å². The summed E-state index contributed by atoms with van der Waals surface area (Å²) in [5.41, 5.74) is 0.929. The number of amides is 1. The van der Waals surface area contributed by atoms with E-state index in [-0.39, 0.29) is 11.7 Å². The summed E-state index contributed by atoms with van der Waals surface area (Å²) in [4.78, 5) is 17.9. The maximum Gasteiger partial charge on any atom is 0.387 e. The third-order valence-electron chi connectivity index (χ3n) is 4.51. The minimum Gasteiger partial charge on any atom is -0.435 e. The highest BCUT2D eigenvalue weighted by molar-refractivity contribution is 7.16. The molecule has 8 heteroatoms. The molecular formula is C19H21ClF2N2O2S. The highest BCUT2D eigenvalue weighted by atomic mass is 35.5. The summed E-state index contributed by atoms with van der Waals surface area (Å²) in [6.45, 7) is 1.18. The van der Waals surface area contributed by atoms with Gasteiger partial charge in [0.2, 0.25) is 5.91 Å². The average Bonchev–Trinajstić information content (AvgIpc) is 3.06. The quantitative estimate of drug-likeness (QED) is 0.678. The smallest absolute Gasteiger partial charge is 0.387 e. The predicted octanol–water partition coefficient (Wildman–Crippen LogP) is 4.28. The zero-order chi connectivity index (χ0) is 19.2. The Bertz CT molecular complexity index is 746. The van der Waals surface area contributed by atoms with Crippen molar-refractivity contribution < 1.29 is 18.3 Å². The van der Waals surface area contributed by atoms with Gasteiger partial charge in [-0.15, -0.1) is 11.3 Å². The van der Waals surface area contributed by atoms with E-state index in [0.29, 0.717) is 12.8 Å². The van der Waals surface area contributed by atoms with E-state index in [9.17, 15) is 13.6 Å². The first-order chi connectivity index (χ1) is 13.0. The van der Waals surface area contributed by atoms with Crippen LogP contribution < -0.4 is 4.74 Å². The lowest BCUT2D eigenvalue weighted by atomic mass is 10.1. The summed E-state index contributed by atoms with van der Waals surface area (Å²) in [6.07, 6.45) is 0.997. The van der Waals surface area contributed by atoms with Gasteiger partial charge in [0.05, 0.1) is 4.34 Å². The van der Waals surface area contributed by atoms with Crippen LogP contribution in [0.3, 0.4) is 0 Å². The lowest BCUT2D eigenvalue weighted by molar-refractivity contribution is -0.133. The normalized spacial score (nSPS) is 15.3. The van der Waals surface area contributed by atoms with Crippen LogP contribution in [-0.4, -0.2) is 48.5 Å². The van der Waals surface area contributed by atoms with Crippen molar-refractivity contribution in [1.29, 1.82) is 0 Å². The molecule has 3 rings (SSSR count). The monoisotopic (exact) mass is 414 g/mol. The number of ether oxygens (including phenoxy) is 1. The fraction of sp³-hybridized carbons (Fsp3) is 0.421. The van der Waals surface area contributed by atoms with Crippen LogP contribution in [0.2, 0.25) is 4.34 Å². The molecule has 1 aliphatic rings. The number of hydrogen-bond donors (Lipinski definition) is 0. The van der Waals surface area contributed by atoms with E-state index >= 15 is 0 Å². The van der Waals surface area contributed by atoms with Gasteiger partial charge in [-0.2, -0.15) is 8.78 Å². The first kappa shape index (κ1) is 20.0. The highest BCUT2D eigenvalue weighted by Gasteiger charge is 2.21. The molecule has 0 bridgehead atoms. The van der Waals surface area contributed by atoms with Gasteiger partial charge in [-0.3, -0.25) is 9.69 Å². The van der Waals surface area contributed by atoms with Crippen LogP contribution in [0.1, 0.15) is 16.9 Å². The molecule has 1 amide bonds. The molecular weight excluding hydrogens is 394 g/mol. The van der Waals surface area contributed by atoms with Crippen LogP contribution in [0.4, 0.5) is 8.78 Å². The van der Waals surface area contributed by atoms with Crippen molar-refractivity contribution in [2.24, 2.45) is 0 Å². The summed E-state index contributed by atoms with van der Waals surface area (Å²) in [5, 5.41) is 0.